The van der Waals surface area contributed by atoms with E-state index < -0.39 is 6.10 Å². The van der Waals surface area contributed by atoms with Gasteiger partial charge in [-0.1, -0.05) is 23.7 Å². The van der Waals surface area contributed by atoms with E-state index in [9.17, 15) is 9.90 Å². The van der Waals surface area contributed by atoms with E-state index in [2.05, 4.69) is 20.5 Å². The van der Waals surface area contributed by atoms with Crippen molar-refractivity contribution < 1.29 is 9.90 Å². The Hall–Kier alpha value is -2.64. The molecule has 1 aliphatic carbocycles. The largest absolute Gasteiger partial charge is 0.391 e. The van der Waals surface area contributed by atoms with E-state index in [-0.39, 0.29) is 17.9 Å². The molecule has 1 saturated carbocycles. The van der Waals surface area contributed by atoms with Gasteiger partial charge in [-0.15, -0.1) is 0 Å². The molecule has 0 radical (unpaired) electrons. The summed E-state index contributed by atoms with van der Waals surface area (Å²) in [6, 6.07) is 6.95. The topological polar surface area (TPSA) is 95.8 Å². The van der Waals surface area contributed by atoms with Gasteiger partial charge >= 0.3 is 0 Å². The number of H-pyrrole nitrogens is 1. The fraction of sp³-hybridized carbons (Fsp3) is 0.316. The minimum atomic E-state index is -0.566. The van der Waals surface area contributed by atoms with Crippen LogP contribution in [0.2, 0.25) is 5.02 Å². The Bertz CT molecular complexity index is 924. The molecule has 0 aliphatic heterocycles. The van der Waals surface area contributed by atoms with E-state index in [0.29, 0.717) is 22.7 Å². The number of benzene rings is 1. The summed E-state index contributed by atoms with van der Waals surface area (Å²) in [6.45, 7) is 0.781. The Labute approximate surface area is 161 Å². The molecule has 3 aromatic rings. The predicted octanol–water partition coefficient (Wildman–Crippen LogP) is 2.50. The fourth-order valence-corrected chi connectivity index (χ4v) is 3.87. The average molecular weight is 386 g/mol. The molecule has 2 aromatic heterocycles. The van der Waals surface area contributed by atoms with Gasteiger partial charge in [-0.2, -0.15) is 5.10 Å². The number of amides is 1. The van der Waals surface area contributed by atoms with Gasteiger partial charge in [0, 0.05) is 29.5 Å². The van der Waals surface area contributed by atoms with Crippen molar-refractivity contribution in [3.05, 3.63) is 59.8 Å². The molecule has 0 spiro atoms. The zero-order valence-corrected chi connectivity index (χ0v) is 15.3. The average Bonchev–Trinajstić information content (AvgIpc) is 3.37. The van der Waals surface area contributed by atoms with Crippen molar-refractivity contribution in [1.29, 1.82) is 0 Å². The lowest BCUT2D eigenvalue weighted by molar-refractivity contribution is 0.0873. The Balaban J connectivity index is 1.45. The lowest BCUT2D eigenvalue weighted by atomic mass is 10.1. The van der Waals surface area contributed by atoms with Crippen LogP contribution in [0.3, 0.4) is 0 Å². The molecule has 27 heavy (non-hydrogen) atoms. The van der Waals surface area contributed by atoms with Crippen molar-refractivity contribution in [1.82, 2.24) is 25.1 Å². The number of aromatic amines is 1. The van der Waals surface area contributed by atoms with Gasteiger partial charge < -0.3 is 15.0 Å². The lowest BCUT2D eigenvalue weighted by Gasteiger charge is -2.16. The number of aliphatic hydroxyl groups excluding tert-OH is 1. The number of halogens is 1. The molecule has 1 unspecified atom stereocenters. The van der Waals surface area contributed by atoms with Gasteiger partial charge in [0.05, 0.1) is 35.9 Å². The van der Waals surface area contributed by atoms with Crippen LogP contribution in [0.15, 0.2) is 49.2 Å². The van der Waals surface area contributed by atoms with E-state index in [1.165, 1.54) is 6.20 Å². The van der Waals surface area contributed by atoms with E-state index in [0.717, 1.165) is 18.5 Å². The second kappa shape index (κ2) is 7.54. The summed E-state index contributed by atoms with van der Waals surface area (Å²) in [4.78, 5) is 16.8. The number of nitrogens with one attached hydrogen (secondary N) is 2. The monoisotopic (exact) mass is 385 g/mol. The zero-order valence-electron chi connectivity index (χ0n) is 14.5. The van der Waals surface area contributed by atoms with Gasteiger partial charge in [0.1, 0.15) is 0 Å². The third-order valence-corrected chi connectivity index (χ3v) is 5.20. The molecule has 2 heterocycles. The summed E-state index contributed by atoms with van der Waals surface area (Å²) >= 11 is 6.05. The van der Waals surface area contributed by atoms with Crippen LogP contribution in [0.25, 0.3) is 11.3 Å². The highest BCUT2D eigenvalue weighted by atomic mass is 35.5. The van der Waals surface area contributed by atoms with Crippen molar-refractivity contribution >= 4 is 17.5 Å². The highest BCUT2D eigenvalue weighted by molar-refractivity contribution is 6.30. The molecule has 1 aliphatic rings. The Kier molecular flexibility index (Phi) is 4.96. The molecule has 8 heteroatoms. The first-order chi connectivity index (χ1) is 13.1. The van der Waals surface area contributed by atoms with Crippen LogP contribution in [0, 0.1) is 5.92 Å². The number of carbonyl (C=O) groups is 1. The number of nitrogens with zero attached hydrogens (tertiary/aromatic N) is 3. The molecular weight excluding hydrogens is 366 g/mol. The molecule has 1 fully saturated rings. The first kappa shape index (κ1) is 17.8. The molecule has 1 amide bonds. The Morgan fingerprint density at radius 1 is 1.41 bits per heavy atom. The third-order valence-electron chi connectivity index (χ3n) is 4.97. The van der Waals surface area contributed by atoms with Crippen LogP contribution in [0.1, 0.15) is 23.2 Å². The highest BCUT2D eigenvalue weighted by Gasteiger charge is 2.34. The third kappa shape index (κ3) is 3.89. The van der Waals surface area contributed by atoms with E-state index >= 15 is 0 Å². The number of aliphatic hydroxyl groups is 1. The zero-order chi connectivity index (χ0) is 18.8. The Morgan fingerprint density at radius 2 is 2.30 bits per heavy atom. The fourth-order valence-electron chi connectivity index (χ4n) is 3.68. The van der Waals surface area contributed by atoms with Gasteiger partial charge in [0.15, 0.2) is 0 Å². The molecule has 7 nitrogen and oxygen atoms in total. The summed E-state index contributed by atoms with van der Waals surface area (Å²) in [5.74, 6) is 0.0299. The van der Waals surface area contributed by atoms with Crippen molar-refractivity contribution in [3.63, 3.8) is 0 Å². The number of rotatable bonds is 5. The van der Waals surface area contributed by atoms with Gasteiger partial charge in [-0.05, 0) is 30.9 Å². The smallest absolute Gasteiger partial charge is 0.255 e. The van der Waals surface area contributed by atoms with Gasteiger partial charge in [-0.25, -0.2) is 4.98 Å². The first-order valence-electron chi connectivity index (χ1n) is 8.84. The number of aromatic nitrogens is 4. The molecule has 3 atom stereocenters. The predicted molar refractivity (Wildman–Crippen MR) is 101 cm³/mol. The van der Waals surface area contributed by atoms with E-state index in [4.69, 9.17) is 11.6 Å². The van der Waals surface area contributed by atoms with Crippen molar-refractivity contribution in [2.75, 3.05) is 0 Å². The number of imidazole rings is 1. The maximum Gasteiger partial charge on any atom is 0.255 e. The molecule has 4 rings (SSSR count). The van der Waals surface area contributed by atoms with Crippen LogP contribution < -0.4 is 5.32 Å². The normalized spacial score (nSPS) is 22.1. The molecule has 140 valence electrons. The number of hydrogen-bond acceptors (Lipinski definition) is 4. The quantitative estimate of drug-likeness (QED) is 0.628. The minimum Gasteiger partial charge on any atom is -0.391 e. The van der Waals surface area contributed by atoms with Gasteiger partial charge in [0.2, 0.25) is 0 Å². The second-order valence-electron chi connectivity index (χ2n) is 6.91. The van der Waals surface area contributed by atoms with Crippen LogP contribution in [0.5, 0.6) is 0 Å². The molecule has 0 saturated heterocycles. The SMILES string of the molecule is O=C(N[C@@H]1CC(Cn2ccnc2)C[C@H]1O)c1cn[nH]c1-c1cccc(Cl)c1. The summed E-state index contributed by atoms with van der Waals surface area (Å²) < 4.78 is 1.99. The van der Waals surface area contributed by atoms with Crippen LogP contribution in [0.4, 0.5) is 0 Å². The van der Waals surface area contributed by atoms with E-state index in [1.54, 1.807) is 24.7 Å². The standard InChI is InChI=1S/C19H20ClN5O2/c20-14-3-1-2-13(8-14)18-15(9-22-24-18)19(27)23-16-6-12(7-17(16)26)10-25-5-4-21-11-25/h1-5,8-9,11-12,16-17,26H,6-7,10H2,(H,22,24)(H,23,27)/t12?,16-,17-/m1/s1. The molecule has 3 N–H and O–H groups in total. The minimum absolute atomic E-state index is 0.258. The summed E-state index contributed by atoms with van der Waals surface area (Å²) in [5.41, 5.74) is 1.83. The van der Waals surface area contributed by atoms with Crippen LogP contribution in [-0.2, 0) is 6.54 Å². The molecular formula is C19H20ClN5O2. The van der Waals surface area contributed by atoms with Crippen LogP contribution >= 0.6 is 11.6 Å². The Morgan fingerprint density at radius 3 is 3.07 bits per heavy atom. The lowest BCUT2D eigenvalue weighted by Crippen LogP contribution is -2.40. The summed E-state index contributed by atoms with van der Waals surface area (Å²) in [5, 5.41) is 20.8. The van der Waals surface area contributed by atoms with Crippen molar-refractivity contribution in [2.45, 2.75) is 31.5 Å². The van der Waals surface area contributed by atoms with Crippen LogP contribution in [-0.4, -0.2) is 42.9 Å². The van der Waals surface area contributed by atoms with Gasteiger partial charge in [0.25, 0.3) is 5.91 Å². The number of carbonyl (C=O) groups excluding carboxylic acids is 1. The summed E-state index contributed by atoms with van der Waals surface area (Å²) in [6.07, 6.45) is 7.70. The maximum atomic E-state index is 12.8. The second-order valence-corrected chi connectivity index (χ2v) is 7.35. The van der Waals surface area contributed by atoms with Crippen molar-refractivity contribution in [3.8, 4) is 11.3 Å². The summed E-state index contributed by atoms with van der Waals surface area (Å²) in [7, 11) is 0. The van der Waals surface area contributed by atoms with Crippen molar-refractivity contribution in [2.24, 2.45) is 5.92 Å². The molecule has 0 bridgehead atoms. The maximum absolute atomic E-state index is 12.8. The molecule has 1 aromatic carbocycles. The first-order valence-corrected chi connectivity index (χ1v) is 9.22. The van der Waals surface area contributed by atoms with Gasteiger partial charge in [-0.3, -0.25) is 9.89 Å². The highest BCUT2D eigenvalue weighted by Crippen LogP contribution is 2.29. The van der Waals surface area contributed by atoms with E-state index in [1.807, 2.05) is 22.9 Å². The number of hydrogen-bond donors (Lipinski definition) is 3.